The summed E-state index contributed by atoms with van der Waals surface area (Å²) in [5, 5.41) is 5.23. The van der Waals surface area contributed by atoms with Crippen molar-refractivity contribution in [3.8, 4) is 0 Å². The van der Waals surface area contributed by atoms with E-state index in [9.17, 15) is 19.2 Å². The number of carbonyl (C=O) groups excluding carboxylic acids is 4. The molecule has 0 spiro atoms. The molecular formula is C15H22N6O8. The minimum absolute atomic E-state index is 0.0764. The topological polar surface area (TPSA) is 171 Å². The predicted octanol–water partition coefficient (Wildman–Crippen LogP) is -1.81. The first-order valence-electron chi connectivity index (χ1n) is 8.09. The van der Waals surface area contributed by atoms with Gasteiger partial charge in [0.25, 0.3) is 0 Å². The highest BCUT2D eigenvalue weighted by Gasteiger charge is 2.21. The van der Waals surface area contributed by atoms with Gasteiger partial charge in [-0.1, -0.05) is 0 Å². The van der Waals surface area contributed by atoms with Crippen LogP contribution in [0.1, 0.15) is 0 Å². The number of ether oxygens (including phenoxy) is 4. The van der Waals surface area contributed by atoms with E-state index in [2.05, 4.69) is 44.5 Å². The van der Waals surface area contributed by atoms with Gasteiger partial charge in [-0.15, -0.1) is 0 Å². The van der Waals surface area contributed by atoms with Crippen LogP contribution in [0.15, 0.2) is 0 Å². The van der Waals surface area contributed by atoms with Crippen LogP contribution in [0.25, 0.3) is 0 Å². The summed E-state index contributed by atoms with van der Waals surface area (Å²) in [7, 11) is 4.78. The number of aromatic nitrogens is 3. The van der Waals surface area contributed by atoms with E-state index in [1.807, 2.05) is 0 Å². The number of rotatable bonds is 11. The van der Waals surface area contributed by atoms with Crippen LogP contribution in [0, 0.1) is 0 Å². The van der Waals surface area contributed by atoms with Gasteiger partial charge in [-0.3, -0.25) is 19.2 Å². The molecule has 0 saturated carbocycles. The molecule has 160 valence electrons. The van der Waals surface area contributed by atoms with E-state index in [4.69, 9.17) is 0 Å². The van der Waals surface area contributed by atoms with E-state index in [-0.39, 0.29) is 44.0 Å². The van der Waals surface area contributed by atoms with Crippen LogP contribution < -0.4 is 15.5 Å². The quantitative estimate of drug-likeness (QED) is 0.306. The number of hydrogen-bond acceptors (Lipinski definition) is 14. The summed E-state index contributed by atoms with van der Waals surface area (Å²) in [6.07, 6.45) is 0. The highest BCUT2D eigenvalue weighted by molar-refractivity contribution is 5.80. The van der Waals surface area contributed by atoms with Crippen LogP contribution in [0.5, 0.6) is 0 Å². The molecule has 1 aromatic rings. The third kappa shape index (κ3) is 8.23. The van der Waals surface area contributed by atoms with E-state index >= 15 is 0 Å². The second-order valence-electron chi connectivity index (χ2n) is 5.15. The van der Waals surface area contributed by atoms with Gasteiger partial charge in [0.15, 0.2) is 0 Å². The molecule has 0 aliphatic heterocycles. The van der Waals surface area contributed by atoms with Crippen molar-refractivity contribution >= 4 is 41.7 Å². The Balaban J connectivity index is 3.21. The lowest BCUT2D eigenvalue weighted by Crippen LogP contribution is -2.37. The normalized spacial score (nSPS) is 9.79. The van der Waals surface area contributed by atoms with Gasteiger partial charge in [0.1, 0.15) is 26.2 Å². The van der Waals surface area contributed by atoms with Crippen LogP contribution in [0.4, 0.5) is 17.8 Å². The summed E-state index contributed by atoms with van der Waals surface area (Å²) >= 11 is 0. The van der Waals surface area contributed by atoms with Crippen LogP contribution in [0.2, 0.25) is 0 Å². The summed E-state index contributed by atoms with van der Waals surface area (Å²) in [6, 6.07) is 0. The molecule has 1 aromatic heterocycles. The molecule has 0 aliphatic carbocycles. The summed E-state index contributed by atoms with van der Waals surface area (Å²) in [5.74, 6) is -2.77. The van der Waals surface area contributed by atoms with E-state index in [0.717, 1.165) is 0 Å². The Labute approximate surface area is 165 Å². The van der Waals surface area contributed by atoms with Crippen LogP contribution in [-0.4, -0.2) is 93.4 Å². The molecule has 14 nitrogen and oxygen atoms in total. The average Bonchev–Trinajstić information content (AvgIpc) is 2.74. The average molecular weight is 414 g/mol. The molecule has 0 radical (unpaired) electrons. The first kappa shape index (κ1) is 23.3. The number of esters is 4. The maximum absolute atomic E-state index is 11.7. The van der Waals surface area contributed by atoms with E-state index in [1.54, 1.807) is 0 Å². The van der Waals surface area contributed by atoms with Crippen molar-refractivity contribution in [2.75, 3.05) is 70.2 Å². The molecule has 0 fully saturated rings. The molecule has 1 heterocycles. The molecule has 29 heavy (non-hydrogen) atoms. The Kier molecular flexibility index (Phi) is 9.56. The van der Waals surface area contributed by atoms with Crippen molar-refractivity contribution in [1.29, 1.82) is 0 Å². The largest absolute Gasteiger partial charge is 0.468 e. The summed E-state index contributed by atoms with van der Waals surface area (Å²) in [4.78, 5) is 59.4. The number of hydrogen-bond donors (Lipinski definition) is 2. The van der Waals surface area contributed by atoms with Gasteiger partial charge in [0, 0.05) is 0 Å². The highest BCUT2D eigenvalue weighted by atomic mass is 16.5. The molecule has 0 saturated heterocycles. The van der Waals surface area contributed by atoms with Crippen molar-refractivity contribution in [2.45, 2.75) is 0 Å². The van der Waals surface area contributed by atoms with Gasteiger partial charge < -0.3 is 34.5 Å². The predicted molar refractivity (Wildman–Crippen MR) is 97.1 cm³/mol. The first-order valence-corrected chi connectivity index (χ1v) is 8.09. The maximum Gasteiger partial charge on any atom is 0.325 e. The third-order valence-electron chi connectivity index (χ3n) is 3.24. The van der Waals surface area contributed by atoms with Crippen molar-refractivity contribution < 1.29 is 38.1 Å². The van der Waals surface area contributed by atoms with Crippen molar-refractivity contribution in [3.63, 3.8) is 0 Å². The second kappa shape index (κ2) is 11.9. The summed E-state index contributed by atoms with van der Waals surface area (Å²) in [6.45, 7) is -1.26. The fourth-order valence-corrected chi connectivity index (χ4v) is 1.75. The number of nitrogens with one attached hydrogen (secondary N) is 2. The lowest BCUT2D eigenvalue weighted by Gasteiger charge is -2.21. The number of nitrogens with zero attached hydrogens (tertiary/aromatic N) is 4. The van der Waals surface area contributed by atoms with Gasteiger partial charge in [-0.05, 0) is 0 Å². The Hall–Kier alpha value is -3.71. The molecule has 0 aromatic carbocycles. The number of anilines is 3. The highest BCUT2D eigenvalue weighted by Crippen LogP contribution is 2.14. The zero-order chi connectivity index (χ0) is 21.8. The molecule has 0 aliphatic rings. The fourth-order valence-electron chi connectivity index (χ4n) is 1.75. The zero-order valence-corrected chi connectivity index (χ0v) is 16.4. The minimum atomic E-state index is -0.664. The monoisotopic (exact) mass is 414 g/mol. The Morgan fingerprint density at radius 3 is 1.41 bits per heavy atom. The SMILES string of the molecule is COC(=O)CNc1nc(NCC(=O)OC)nc(N(CC(=O)OC)CC(=O)OC)n1. The van der Waals surface area contributed by atoms with Crippen LogP contribution >= 0.6 is 0 Å². The van der Waals surface area contributed by atoms with E-state index in [1.165, 1.54) is 33.3 Å². The standard InChI is InChI=1S/C15H22N6O8/c1-26-9(22)5-16-13-18-14(17-6-10(23)27-2)20-15(19-13)21(7-11(24)28-3)8-12(25)29-4/h5-8H2,1-4H3,(H2,16,17,18,19,20). The van der Waals surface area contributed by atoms with Crippen LogP contribution in [0.3, 0.4) is 0 Å². The molecule has 0 unspecified atom stereocenters. The van der Waals surface area contributed by atoms with Crippen molar-refractivity contribution in [2.24, 2.45) is 0 Å². The first-order chi connectivity index (χ1) is 13.8. The van der Waals surface area contributed by atoms with Crippen molar-refractivity contribution in [1.82, 2.24) is 15.0 Å². The van der Waals surface area contributed by atoms with E-state index in [0.29, 0.717) is 0 Å². The molecule has 14 heteroatoms. The zero-order valence-electron chi connectivity index (χ0n) is 16.4. The Bertz CT molecular complexity index is 687. The molecule has 1 rings (SSSR count). The lowest BCUT2D eigenvalue weighted by molar-refractivity contribution is -0.141. The molecule has 0 amide bonds. The molecule has 0 bridgehead atoms. The smallest absolute Gasteiger partial charge is 0.325 e. The molecular weight excluding hydrogens is 392 g/mol. The second-order valence-corrected chi connectivity index (χ2v) is 5.15. The molecule has 2 N–H and O–H groups in total. The van der Waals surface area contributed by atoms with Gasteiger partial charge in [0.05, 0.1) is 28.4 Å². The Morgan fingerprint density at radius 2 is 1.07 bits per heavy atom. The molecule has 0 atom stereocenters. The van der Waals surface area contributed by atoms with Gasteiger partial charge >= 0.3 is 23.9 Å². The third-order valence-corrected chi connectivity index (χ3v) is 3.24. The lowest BCUT2D eigenvalue weighted by atomic mass is 10.5. The number of methoxy groups -OCH3 is 4. The van der Waals surface area contributed by atoms with Gasteiger partial charge in [0.2, 0.25) is 17.8 Å². The number of carbonyl (C=O) groups is 4. The maximum atomic E-state index is 11.7. The Morgan fingerprint density at radius 1 is 0.690 bits per heavy atom. The van der Waals surface area contributed by atoms with Gasteiger partial charge in [-0.25, -0.2) is 0 Å². The van der Waals surface area contributed by atoms with E-state index < -0.39 is 23.9 Å². The minimum Gasteiger partial charge on any atom is -0.468 e. The van der Waals surface area contributed by atoms with Crippen LogP contribution in [-0.2, 0) is 38.1 Å². The fraction of sp³-hybridized carbons (Fsp3) is 0.533. The van der Waals surface area contributed by atoms with Gasteiger partial charge in [-0.2, -0.15) is 15.0 Å². The summed E-state index contributed by atoms with van der Waals surface area (Å²) < 4.78 is 18.3. The van der Waals surface area contributed by atoms with Crippen molar-refractivity contribution in [3.05, 3.63) is 0 Å². The summed E-state index contributed by atoms with van der Waals surface area (Å²) in [5.41, 5.74) is 0.